The van der Waals surface area contributed by atoms with Crippen LogP contribution in [0.2, 0.25) is 36.3 Å². The highest BCUT2D eigenvalue weighted by Gasteiger charge is 2.71. The van der Waals surface area contributed by atoms with Crippen molar-refractivity contribution in [1.29, 1.82) is 0 Å². The van der Waals surface area contributed by atoms with Crippen LogP contribution < -0.4 is 0 Å². The second kappa shape index (κ2) is 13.7. The van der Waals surface area contributed by atoms with Crippen LogP contribution in [0.3, 0.4) is 0 Å². The first-order valence-corrected chi connectivity index (χ1v) is 23.5. The topological polar surface area (TPSA) is 75.6 Å². The van der Waals surface area contributed by atoms with Gasteiger partial charge in [0, 0.05) is 32.6 Å². The van der Waals surface area contributed by atoms with Crippen LogP contribution in [0.4, 0.5) is 0 Å². The molecule has 270 valence electrons. The summed E-state index contributed by atoms with van der Waals surface area (Å²) in [6.07, 6.45) is 3.61. The molecule has 7 nitrogen and oxygen atoms in total. The third-order valence-corrected chi connectivity index (χ3v) is 21.5. The van der Waals surface area contributed by atoms with Gasteiger partial charge in [-0.05, 0) is 59.9 Å². The van der Waals surface area contributed by atoms with Crippen molar-refractivity contribution in [3.05, 3.63) is 71.5 Å². The lowest BCUT2D eigenvalue weighted by molar-refractivity contribution is -0.279. The Hall–Kier alpha value is -1.28. The number of ether oxygens (including phenoxy) is 4. The number of halogens is 1. The van der Waals surface area contributed by atoms with Crippen molar-refractivity contribution < 1.29 is 32.9 Å². The molecule has 0 amide bonds. The molecule has 1 spiro atoms. The highest BCUT2D eigenvalue weighted by atomic mass is 35.5. The van der Waals surface area contributed by atoms with Gasteiger partial charge >= 0.3 is 0 Å². The number of benzene rings is 1. The predicted molar refractivity (Wildman–Crippen MR) is 199 cm³/mol. The van der Waals surface area contributed by atoms with Crippen LogP contribution in [0.5, 0.6) is 0 Å². The van der Waals surface area contributed by atoms with Gasteiger partial charge in [-0.2, -0.15) is 0 Å². The number of allylic oxidation sites excluding steroid dienone is 1. The number of aliphatic hydroxyl groups is 1. The van der Waals surface area contributed by atoms with E-state index in [2.05, 4.69) is 86.4 Å². The van der Waals surface area contributed by atoms with Crippen molar-refractivity contribution in [1.82, 2.24) is 0 Å². The number of fused-ring (bicyclic) bond motifs is 2. The molecule has 2 fully saturated rings. The molecule has 3 aliphatic rings. The smallest absolute Gasteiger partial charge is 0.261 e. The first kappa shape index (κ1) is 39.5. The molecule has 0 aromatic heterocycles. The fourth-order valence-corrected chi connectivity index (χ4v) is 10.6. The van der Waals surface area contributed by atoms with Gasteiger partial charge < -0.3 is 32.9 Å². The van der Waals surface area contributed by atoms with Crippen LogP contribution in [-0.4, -0.2) is 78.1 Å². The zero-order chi connectivity index (χ0) is 36.1. The second-order valence-corrected chi connectivity index (χ2v) is 26.9. The molecular weight excluding hydrogens is 660 g/mol. The molecule has 0 radical (unpaired) electrons. The standard InChI is InChI=1S/C38H61ClO7Si2/c1-15-21-36(40)24-28-27(32(41-8)38(36,42-9)43-10)22-30(39)37(28)31(46-48(13,14)35(5,6)7)23-29(45-47(11,12)34(2,3)4)33(37)44-25-26-19-17-16-18-20-26/h15-20,24,29-31,33,40H,1,21-23,25H2,2-14H3/t29-,30+,31+,33-,36+,37+/m1/s1. The van der Waals surface area contributed by atoms with E-state index in [9.17, 15) is 5.11 Å². The maximum atomic E-state index is 12.6. The van der Waals surface area contributed by atoms with E-state index in [4.69, 9.17) is 39.4 Å². The van der Waals surface area contributed by atoms with Crippen molar-refractivity contribution in [2.75, 3.05) is 21.3 Å². The van der Waals surface area contributed by atoms with Gasteiger partial charge in [0.2, 0.25) is 0 Å². The summed E-state index contributed by atoms with van der Waals surface area (Å²) in [5.74, 6) is -1.21. The normalized spacial score (nSPS) is 30.9. The third kappa shape index (κ3) is 6.38. The maximum absolute atomic E-state index is 12.6. The van der Waals surface area contributed by atoms with Gasteiger partial charge in [-0.1, -0.05) is 78.0 Å². The molecule has 4 rings (SSSR count). The van der Waals surface area contributed by atoms with E-state index in [-0.39, 0.29) is 28.7 Å². The molecule has 3 aliphatic carbocycles. The van der Waals surface area contributed by atoms with Gasteiger partial charge in [-0.15, -0.1) is 18.2 Å². The monoisotopic (exact) mass is 720 g/mol. The first-order valence-electron chi connectivity index (χ1n) is 17.2. The van der Waals surface area contributed by atoms with Crippen LogP contribution in [0.1, 0.15) is 66.4 Å². The summed E-state index contributed by atoms with van der Waals surface area (Å²) in [6.45, 7) is 27.0. The molecule has 0 unspecified atom stereocenters. The molecule has 0 saturated heterocycles. The Bertz CT molecular complexity index is 1380. The molecule has 1 aromatic rings. The summed E-state index contributed by atoms with van der Waals surface area (Å²) in [5.41, 5.74) is 0.209. The Morgan fingerprint density at radius 2 is 1.50 bits per heavy atom. The van der Waals surface area contributed by atoms with E-state index in [1.165, 1.54) is 14.2 Å². The van der Waals surface area contributed by atoms with E-state index in [0.717, 1.165) is 16.7 Å². The lowest BCUT2D eigenvalue weighted by Gasteiger charge is -2.50. The minimum absolute atomic E-state index is 0.0301. The van der Waals surface area contributed by atoms with Gasteiger partial charge in [0.15, 0.2) is 22.4 Å². The quantitative estimate of drug-likeness (QED) is 0.100. The number of alkyl halides is 1. The fraction of sp³-hybridized carbons (Fsp3) is 0.684. The lowest BCUT2D eigenvalue weighted by Crippen LogP contribution is -2.60. The van der Waals surface area contributed by atoms with Crippen LogP contribution in [0.15, 0.2) is 66.0 Å². The van der Waals surface area contributed by atoms with Crippen molar-refractivity contribution in [2.24, 2.45) is 5.41 Å². The summed E-state index contributed by atoms with van der Waals surface area (Å²) in [6, 6.07) is 10.2. The summed E-state index contributed by atoms with van der Waals surface area (Å²) in [4.78, 5) is 0. The maximum Gasteiger partial charge on any atom is 0.261 e. The number of hydrogen-bond donors (Lipinski definition) is 1. The molecule has 0 aliphatic heterocycles. The number of rotatable bonds is 12. The molecular formula is C38H61ClO7Si2. The van der Waals surface area contributed by atoms with Gasteiger partial charge in [0.1, 0.15) is 5.60 Å². The van der Waals surface area contributed by atoms with Gasteiger partial charge in [-0.25, -0.2) is 0 Å². The molecule has 6 atom stereocenters. The highest BCUT2D eigenvalue weighted by molar-refractivity contribution is 6.74. The van der Waals surface area contributed by atoms with Crippen LogP contribution >= 0.6 is 11.6 Å². The van der Waals surface area contributed by atoms with Crippen LogP contribution in [0.25, 0.3) is 0 Å². The van der Waals surface area contributed by atoms with Gasteiger partial charge in [0.25, 0.3) is 5.79 Å². The molecule has 10 heteroatoms. The highest BCUT2D eigenvalue weighted by Crippen LogP contribution is 2.66. The summed E-state index contributed by atoms with van der Waals surface area (Å²) in [7, 11) is -0.0406. The van der Waals surface area contributed by atoms with Crippen molar-refractivity contribution >= 4 is 28.2 Å². The Kier molecular flexibility index (Phi) is 11.3. The molecule has 0 bridgehead atoms. The molecule has 48 heavy (non-hydrogen) atoms. The van der Waals surface area contributed by atoms with E-state index < -0.39 is 44.9 Å². The zero-order valence-corrected chi connectivity index (χ0v) is 34.4. The minimum atomic E-state index is -2.37. The molecule has 1 N–H and O–H groups in total. The van der Waals surface area contributed by atoms with Crippen LogP contribution in [0, 0.1) is 5.41 Å². The summed E-state index contributed by atoms with van der Waals surface area (Å²) in [5, 5.41) is 12.1. The van der Waals surface area contributed by atoms with E-state index in [1.807, 2.05) is 24.3 Å². The third-order valence-electron chi connectivity index (χ3n) is 12.0. The molecule has 2 saturated carbocycles. The average Bonchev–Trinajstić information content (AvgIpc) is 3.43. The van der Waals surface area contributed by atoms with E-state index >= 15 is 0 Å². The SMILES string of the molecule is C=CC[C@]1(O)C=C2C(=C(OC)C1(OC)OC)C[C@H](Cl)[C@]21[C@@H](O[Si](C)(C)C(C)(C)C)C[C@@H](O[Si](C)(C)C(C)(C)C)[C@H]1OCc1ccccc1. The molecule has 0 heterocycles. The largest absolute Gasteiger partial charge is 0.495 e. The summed E-state index contributed by atoms with van der Waals surface area (Å²) >= 11 is 7.76. The Balaban J connectivity index is 2.04. The Morgan fingerprint density at radius 3 is 2.00 bits per heavy atom. The van der Waals surface area contributed by atoms with Crippen molar-refractivity contribution in [3.8, 4) is 0 Å². The molecule has 1 aromatic carbocycles. The Labute approximate surface area is 297 Å². The average molecular weight is 722 g/mol. The Morgan fingerprint density at radius 1 is 0.938 bits per heavy atom. The predicted octanol–water partition coefficient (Wildman–Crippen LogP) is 8.89. The fourth-order valence-electron chi connectivity index (χ4n) is 7.41. The lowest BCUT2D eigenvalue weighted by atomic mass is 9.69. The van der Waals surface area contributed by atoms with E-state index in [0.29, 0.717) is 25.2 Å². The van der Waals surface area contributed by atoms with Crippen molar-refractivity contribution in [3.63, 3.8) is 0 Å². The zero-order valence-electron chi connectivity index (χ0n) is 31.7. The first-order chi connectivity index (χ1) is 22.1. The van der Waals surface area contributed by atoms with Gasteiger partial charge in [-0.3, -0.25) is 0 Å². The second-order valence-electron chi connectivity index (χ2n) is 16.9. The van der Waals surface area contributed by atoms with Crippen LogP contribution in [-0.2, 0) is 34.4 Å². The number of hydrogen-bond acceptors (Lipinski definition) is 7. The summed E-state index contributed by atoms with van der Waals surface area (Å²) < 4.78 is 40.2. The van der Waals surface area contributed by atoms with E-state index in [1.54, 1.807) is 13.2 Å². The van der Waals surface area contributed by atoms with Crippen molar-refractivity contribution in [2.45, 2.75) is 139 Å². The number of methoxy groups -OCH3 is 3. The minimum Gasteiger partial charge on any atom is -0.495 e. The van der Waals surface area contributed by atoms with Gasteiger partial charge in [0.05, 0.1) is 42.8 Å².